The van der Waals surface area contributed by atoms with Gasteiger partial charge in [-0.2, -0.15) is 0 Å². The molecule has 0 spiro atoms. The second-order valence-electron chi connectivity index (χ2n) is 17.9. The van der Waals surface area contributed by atoms with Crippen LogP contribution < -0.4 is 0 Å². The largest absolute Gasteiger partial charge is 0.0622 e. The Morgan fingerprint density at radius 3 is 1.53 bits per heavy atom. The van der Waals surface area contributed by atoms with Gasteiger partial charge in [-0.25, -0.2) is 0 Å². The topological polar surface area (TPSA) is 0 Å². The van der Waals surface area contributed by atoms with E-state index in [4.69, 9.17) is 0 Å². The lowest BCUT2D eigenvalue weighted by Gasteiger charge is -2.15. The van der Waals surface area contributed by atoms with Crippen LogP contribution in [0.1, 0.15) is 11.1 Å². The standard InChI is InChI=1S/C64H40/c1-37-15-11-16-38(2)58(37)43-30-29-42-33-55-56-35-53-48-26-14-28-51-61(48)57(36-54(53)47-25-13-27-50(60(47)56)64(55)59(52(42)34-43)41-20-7-4-8-21-41)63-49(46-24-12-22-39-19-9-10-23-44(39)46)32-31-45(62(51)63)40-17-5-3-6-18-40/h3-36H,1-2H3. The van der Waals surface area contributed by atoms with Crippen molar-refractivity contribution < 1.29 is 0 Å². The Bertz CT molecular complexity index is 4210. The summed E-state index contributed by atoms with van der Waals surface area (Å²) in [5.41, 5.74) is 12.8. The van der Waals surface area contributed by atoms with Crippen molar-refractivity contribution in [1.29, 1.82) is 0 Å². The maximum atomic E-state index is 2.55. The van der Waals surface area contributed by atoms with Crippen LogP contribution in [0.25, 0.3) is 141 Å². The van der Waals surface area contributed by atoms with Gasteiger partial charge in [-0.3, -0.25) is 0 Å². The van der Waals surface area contributed by atoms with Crippen LogP contribution in [0.5, 0.6) is 0 Å². The molecule has 14 aromatic rings. The van der Waals surface area contributed by atoms with E-state index in [0.29, 0.717) is 0 Å². The molecule has 0 heterocycles. The molecule has 0 saturated heterocycles. The second kappa shape index (κ2) is 13.2. The van der Waals surface area contributed by atoms with E-state index in [9.17, 15) is 0 Å². The molecule has 0 unspecified atom stereocenters. The summed E-state index contributed by atoms with van der Waals surface area (Å²) in [7, 11) is 0. The molecule has 0 aliphatic carbocycles. The van der Waals surface area contributed by atoms with Gasteiger partial charge in [0.25, 0.3) is 0 Å². The highest BCUT2D eigenvalue weighted by molar-refractivity contribution is 6.44. The molecule has 0 aliphatic heterocycles. The molecule has 64 heavy (non-hydrogen) atoms. The zero-order valence-electron chi connectivity index (χ0n) is 35.6. The Labute approximate surface area is 370 Å². The van der Waals surface area contributed by atoms with Crippen LogP contribution in [0, 0.1) is 13.8 Å². The average molecular weight is 809 g/mol. The molecule has 0 bridgehead atoms. The van der Waals surface area contributed by atoms with Gasteiger partial charge in [0.05, 0.1) is 0 Å². The monoisotopic (exact) mass is 808 g/mol. The lowest BCUT2D eigenvalue weighted by Crippen LogP contribution is -1.90. The molecule has 0 heteroatoms. The van der Waals surface area contributed by atoms with Crippen molar-refractivity contribution in [3.8, 4) is 44.5 Å². The van der Waals surface area contributed by atoms with Crippen LogP contribution in [0.4, 0.5) is 0 Å². The molecule has 0 radical (unpaired) electrons. The molecular weight excluding hydrogens is 769 g/mol. The van der Waals surface area contributed by atoms with Gasteiger partial charge < -0.3 is 0 Å². The van der Waals surface area contributed by atoms with Crippen molar-refractivity contribution >= 4 is 97.0 Å². The Morgan fingerprint density at radius 2 is 0.766 bits per heavy atom. The summed E-state index contributed by atoms with van der Waals surface area (Å²) in [5.74, 6) is 0. The number of rotatable bonds is 4. The van der Waals surface area contributed by atoms with Crippen LogP contribution in [0.2, 0.25) is 0 Å². The maximum absolute atomic E-state index is 2.55. The van der Waals surface area contributed by atoms with E-state index in [1.54, 1.807) is 0 Å². The van der Waals surface area contributed by atoms with E-state index in [1.165, 1.54) is 153 Å². The van der Waals surface area contributed by atoms with Crippen LogP contribution in [-0.4, -0.2) is 0 Å². The van der Waals surface area contributed by atoms with E-state index < -0.39 is 0 Å². The highest BCUT2D eigenvalue weighted by atomic mass is 14.3. The summed E-state index contributed by atoms with van der Waals surface area (Å²) >= 11 is 0. The van der Waals surface area contributed by atoms with Crippen molar-refractivity contribution in [1.82, 2.24) is 0 Å². The highest BCUT2D eigenvalue weighted by Crippen LogP contribution is 2.53. The first kappa shape index (κ1) is 35.5. The lowest BCUT2D eigenvalue weighted by atomic mass is 9.89. The molecule has 0 N–H and O–H groups in total. The van der Waals surface area contributed by atoms with E-state index in [-0.39, 0.29) is 0 Å². The van der Waals surface area contributed by atoms with Crippen molar-refractivity contribution in [2.75, 3.05) is 0 Å². The summed E-state index contributed by atoms with van der Waals surface area (Å²) < 4.78 is 0. The first-order valence-corrected chi connectivity index (χ1v) is 22.5. The van der Waals surface area contributed by atoms with Crippen LogP contribution in [0.15, 0.2) is 206 Å². The molecule has 296 valence electrons. The number of aryl methyl sites for hydroxylation is 2. The molecule has 0 saturated carbocycles. The third-order valence-corrected chi connectivity index (χ3v) is 14.6. The number of fused-ring (bicyclic) bond motifs is 11. The minimum absolute atomic E-state index is 1.24. The molecule has 0 atom stereocenters. The Kier molecular flexibility index (Phi) is 7.34. The van der Waals surface area contributed by atoms with E-state index in [1.807, 2.05) is 0 Å². The maximum Gasteiger partial charge on any atom is -0.00134 e. The first-order valence-electron chi connectivity index (χ1n) is 22.5. The van der Waals surface area contributed by atoms with Gasteiger partial charge in [-0.05, 0) is 191 Å². The quantitative estimate of drug-likeness (QED) is 0.155. The summed E-state index contributed by atoms with van der Waals surface area (Å²) in [6, 6.07) is 77.8. The van der Waals surface area contributed by atoms with Crippen molar-refractivity contribution in [2.45, 2.75) is 13.8 Å². The van der Waals surface area contributed by atoms with Gasteiger partial charge in [-0.1, -0.05) is 182 Å². The SMILES string of the molecule is Cc1cccc(C)c1-c1ccc2cc3c4cc5c(cc6c7c(-c8cccc9ccccc89)ccc(-c8ccccc8)c7c7cccc5c76)c5cccc(c3c(-c3ccccc3)c2c1)c54. The van der Waals surface area contributed by atoms with Crippen molar-refractivity contribution in [3.63, 3.8) is 0 Å². The average Bonchev–Trinajstić information content (AvgIpc) is 3.84. The zero-order chi connectivity index (χ0) is 42.2. The molecular formula is C64H40. The van der Waals surface area contributed by atoms with E-state index in [2.05, 4.69) is 220 Å². The fourth-order valence-electron chi connectivity index (χ4n) is 11.9. The number of benzene rings is 12. The van der Waals surface area contributed by atoms with Crippen molar-refractivity contribution in [2.24, 2.45) is 0 Å². The molecule has 0 aromatic heterocycles. The minimum atomic E-state index is 1.24. The summed E-state index contributed by atoms with van der Waals surface area (Å²) in [6.07, 6.45) is 0. The molecule has 0 amide bonds. The number of hydrogen-bond donors (Lipinski definition) is 0. The van der Waals surface area contributed by atoms with Crippen molar-refractivity contribution in [3.05, 3.63) is 217 Å². The molecule has 14 aromatic carbocycles. The van der Waals surface area contributed by atoms with Gasteiger partial charge in [0.1, 0.15) is 0 Å². The third kappa shape index (κ3) is 4.83. The van der Waals surface area contributed by atoms with Crippen LogP contribution in [-0.2, 0) is 0 Å². The zero-order valence-corrected chi connectivity index (χ0v) is 35.6. The van der Waals surface area contributed by atoms with Gasteiger partial charge in [0.15, 0.2) is 0 Å². The first-order chi connectivity index (χ1) is 31.6. The molecule has 0 fully saturated rings. The smallest absolute Gasteiger partial charge is 0.00134 e. The predicted molar refractivity (Wildman–Crippen MR) is 278 cm³/mol. The van der Waals surface area contributed by atoms with Crippen LogP contribution >= 0.6 is 0 Å². The van der Waals surface area contributed by atoms with Gasteiger partial charge >= 0.3 is 0 Å². The Hall–Kier alpha value is -8.06. The normalized spacial score (nSPS) is 12.2. The second-order valence-corrected chi connectivity index (χ2v) is 17.9. The summed E-state index contributed by atoms with van der Waals surface area (Å²) in [6.45, 7) is 4.47. The van der Waals surface area contributed by atoms with E-state index in [0.717, 1.165) is 0 Å². The van der Waals surface area contributed by atoms with Gasteiger partial charge in [0, 0.05) is 0 Å². The number of hydrogen-bond acceptors (Lipinski definition) is 0. The highest BCUT2D eigenvalue weighted by Gasteiger charge is 2.25. The van der Waals surface area contributed by atoms with Gasteiger partial charge in [0.2, 0.25) is 0 Å². The van der Waals surface area contributed by atoms with Crippen LogP contribution in [0.3, 0.4) is 0 Å². The molecule has 0 nitrogen and oxygen atoms in total. The van der Waals surface area contributed by atoms with Gasteiger partial charge in [-0.15, -0.1) is 0 Å². The molecule has 14 rings (SSSR count). The fourth-order valence-corrected chi connectivity index (χ4v) is 11.9. The lowest BCUT2D eigenvalue weighted by molar-refractivity contribution is 1.38. The summed E-state index contributed by atoms with van der Waals surface area (Å²) in [4.78, 5) is 0. The fraction of sp³-hybridized carbons (Fsp3) is 0.0312. The Morgan fingerprint density at radius 1 is 0.219 bits per heavy atom. The predicted octanol–water partition coefficient (Wildman–Crippen LogP) is 18.2. The van der Waals surface area contributed by atoms with E-state index >= 15 is 0 Å². The third-order valence-electron chi connectivity index (χ3n) is 14.6. The Balaban J connectivity index is 1.15. The minimum Gasteiger partial charge on any atom is -0.0622 e. The molecule has 0 aliphatic rings. The summed E-state index contributed by atoms with van der Waals surface area (Å²) in [5, 5.41) is 23.6.